The van der Waals surface area contributed by atoms with Crippen LogP contribution in [0.4, 0.5) is 5.69 Å². The summed E-state index contributed by atoms with van der Waals surface area (Å²) in [6.45, 7) is 5.99. The maximum atomic E-state index is 11.8. The molecule has 1 aromatic heterocycles. The molecule has 1 heterocycles. The lowest BCUT2D eigenvalue weighted by atomic mass is 10.1. The summed E-state index contributed by atoms with van der Waals surface area (Å²) in [5.74, 6) is 0.578. The molecule has 1 amide bonds. The zero-order valence-corrected chi connectivity index (χ0v) is 11.9. The van der Waals surface area contributed by atoms with Gasteiger partial charge in [-0.1, -0.05) is 17.7 Å². The summed E-state index contributed by atoms with van der Waals surface area (Å²) in [7, 11) is 0. The van der Waals surface area contributed by atoms with E-state index in [-0.39, 0.29) is 12.5 Å². The second kappa shape index (κ2) is 6.19. The largest absolute Gasteiger partial charge is 0.483 e. The second-order valence-corrected chi connectivity index (χ2v) is 4.81. The van der Waals surface area contributed by atoms with Crippen molar-refractivity contribution in [2.45, 2.75) is 20.8 Å². The van der Waals surface area contributed by atoms with Gasteiger partial charge in [-0.3, -0.25) is 9.78 Å². The Morgan fingerprint density at radius 1 is 1.25 bits per heavy atom. The van der Waals surface area contributed by atoms with Crippen molar-refractivity contribution in [1.29, 1.82) is 0 Å². The zero-order chi connectivity index (χ0) is 14.5. The van der Waals surface area contributed by atoms with Crippen LogP contribution in [0.5, 0.6) is 5.75 Å². The van der Waals surface area contributed by atoms with Crippen molar-refractivity contribution in [2.24, 2.45) is 0 Å². The minimum absolute atomic E-state index is 0.0143. The molecule has 0 spiro atoms. The van der Waals surface area contributed by atoms with Gasteiger partial charge in [0.1, 0.15) is 5.75 Å². The van der Waals surface area contributed by atoms with Gasteiger partial charge in [-0.25, -0.2) is 0 Å². The predicted octanol–water partition coefficient (Wildman–Crippen LogP) is 3.02. The predicted molar refractivity (Wildman–Crippen MR) is 79.0 cm³/mol. The first-order valence-electron chi connectivity index (χ1n) is 6.47. The fraction of sp³-hybridized carbons (Fsp3) is 0.250. The van der Waals surface area contributed by atoms with Crippen LogP contribution in [0.15, 0.2) is 36.7 Å². The van der Waals surface area contributed by atoms with Crippen LogP contribution in [-0.4, -0.2) is 17.5 Å². The topological polar surface area (TPSA) is 51.2 Å². The van der Waals surface area contributed by atoms with Gasteiger partial charge in [-0.05, 0) is 44.0 Å². The van der Waals surface area contributed by atoms with Crippen molar-refractivity contribution < 1.29 is 9.53 Å². The first-order valence-corrected chi connectivity index (χ1v) is 6.47. The van der Waals surface area contributed by atoms with Crippen LogP contribution >= 0.6 is 0 Å². The van der Waals surface area contributed by atoms with E-state index >= 15 is 0 Å². The quantitative estimate of drug-likeness (QED) is 0.929. The fourth-order valence-corrected chi connectivity index (χ4v) is 2.17. The van der Waals surface area contributed by atoms with Crippen LogP contribution in [-0.2, 0) is 4.79 Å². The normalized spacial score (nSPS) is 10.2. The molecule has 2 rings (SSSR count). The number of aromatic nitrogens is 1. The van der Waals surface area contributed by atoms with Gasteiger partial charge in [0.25, 0.3) is 5.91 Å². The van der Waals surface area contributed by atoms with E-state index in [9.17, 15) is 4.79 Å². The van der Waals surface area contributed by atoms with Crippen molar-refractivity contribution >= 4 is 11.6 Å². The number of hydrogen-bond donors (Lipinski definition) is 1. The van der Waals surface area contributed by atoms with Gasteiger partial charge >= 0.3 is 0 Å². The molecule has 0 atom stereocenters. The number of nitrogens with one attached hydrogen (secondary N) is 1. The summed E-state index contributed by atoms with van der Waals surface area (Å²) >= 11 is 0. The number of amides is 1. The van der Waals surface area contributed by atoms with Crippen molar-refractivity contribution in [2.75, 3.05) is 11.9 Å². The van der Waals surface area contributed by atoms with Crippen molar-refractivity contribution in [3.8, 4) is 5.75 Å². The minimum Gasteiger partial charge on any atom is -0.483 e. The average Bonchev–Trinajstić information content (AvgIpc) is 2.38. The highest BCUT2D eigenvalue weighted by Crippen LogP contribution is 2.24. The number of hydrogen-bond acceptors (Lipinski definition) is 3. The highest BCUT2D eigenvalue weighted by atomic mass is 16.5. The Morgan fingerprint density at radius 3 is 2.55 bits per heavy atom. The third-order valence-electron chi connectivity index (χ3n) is 2.90. The number of carbonyl (C=O) groups is 1. The monoisotopic (exact) mass is 270 g/mol. The number of anilines is 1. The van der Waals surface area contributed by atoms with Crippen LogP contribution in [0.1, 0.15) is 16.7 Å². The van der Waals surface area contributed by atoms with Gasteiger partial charge < -0.3 is 10.1 Å². The molecule has 20 heavy (non-hydrogen) atoms. The molecule has 4 heteroatoms. The van der Waals surface area contributed by atoms with E-state index in [4.69, 9.17) is 4.74 Å². The lowest BCUT2D eigenvalue weighted by molar-refractivity contribution is -0.118. The summed E-state index contributed by atoms with van der Waals surface area (Å²) in [5.41, 5.74) is 3.93. The van der Waals surface area contributed by atoms with E-state index in [1.165, 1.54) is 5.56 Å². The smallest absolute Gasteiger partial charge is 0.262 e. The second-order valence-electron chi connectivity index (χ2n) is 4.81. The summed E-state index contributed by atoms with van der Waals surface area (Å²) in [6, 6.07) is 7.64. The lowest BCUT2D eigenvalue weighted by Crippen LogP contribution is -2.20. The first kappa shape index (κ1) is 14.1. The molecule has 0 aliphatic carbocycles. The van der Waals surface area contributed by atoms with E-state index < -0.39 is 0 Å². The van der Waals surface area contributed by atoms with Crippen LogP contribution in [0.3, 0.4) is 0 Å². The number of aryl methyl sites for hydroxylation is 3. The Morgan fingerprint density at radius 2 is 1.95 bits per heavy atom. The standard InChI is InChI=1S/C16H18N2O2/c1-11-7-12(2)16(13(3)8-11)20-10-15(19)18-14-5-4-6-17-9-14/h4-9H,10H2,1-3H3,(H,18,19). The first-order chi connectivity index (χ1) is 9.56. The molecule has 1 aromatic carbocycles. The number of pyridine rings is 1. The van der Waals surface area contributed by atoms with Gasteiger partial charge in [-0.2, -0.15) is 0 Å². The van der Waals surface area contributed by atoms with E-state index in [1.807, 2.05) is 32.9 Å². The molecule has 0 saturated heterocycles. The van der Waals surface area contributed by atoms with Crippen molar-refractivity contribution in [3.63, 3.8) is 0 Å². The van der Waals surface area contributed by atoms with Crippen LogP contribution in [0.25, 0.3) is 0 Å². The van der Waals surface area contributed by atoms with Crippen LogP contribution < -0.4 is 10.1 Å². The third kappa shape index (κ3) is 3.57. The SMILES string of the molecule is Cc1cc(C)c(OCC(=O)Nc2cccnc2)c(C)c1. The van der Waals surface area contributed by atoms with Gasteiger partial charge in [0, 0.05) is 6.20 Å². The van der Waals surface area contributed by atoms with Gasteiger partial charge in [0.05, 0.1) is 11.9 Å². The van der Waals surface area contributed by atoms with E-state index in [1.54, 1.807) is 24.5 Å². The van der Waals surface area contributed by atoms with Gasteiger partial charge in [0.2, 0.25) is 0 Å². The molecule has 0 bridgehead atoms. The highest BCUT2D eigenvalue weighted by molar-refractivity contribution is 5.91. The van der Waals surface area contributed by atoms with Crippen molar-refractivity contribution in [1.82, 2.24) is 4.98 Å². The van der Waals surface area contributed by atoms with Crippen molar-refractivity contribution in [3.05, 3.63) is 53.3 Å². The fourth-order valence-electron chi connectivity index (χ4n) is 2.17. The summed E-state index contributed by atoms with van der Waals surface area (Å²) < 4.78 is 5.62. The Balaban J connectivity index is 1.97. The van der Waals surface area contributed by atoms with Crippen LogP contribution in [0, 0.1) is 20.8 Å². The number of ether oxygens (including phenoxy) is 1. The molecule has 0 radical (unpaired) electrons. The molecular weight excluding hydrogens is 252 g/mol. The molecule has 0 aliphatic rings. The maximum absolute atomic E-state index is 11.8. The molecule has 0 unspecified atom stereocenters. The summed E-state index contributed by atoms with van der Waals surface area (Å²) in [4.78, 5) is 15.7. The minimum atomic E-state index is -0.197. The van der Waals surface area contributed by atoms with Crippen LogP contribution in [0.2, 0.25) is 0 Å². The Hall–Kier alpha value is -2.36. The number of nitrogens with zero attached hydrogens (tertiary/aromatic N) is 1. The molecule has 0 fully saturated rings. The number of carbonyl (C=O) groups excluding carboxylic acids is 1. The Labute approximate surface area is 118 Å². The average molecular weight is 270 g/mol. The molecule has 2 aromatic rings. The molecule has 0 saturated carbocycles. The maximum Gasteiger partial charge on any atom is 0.262 e. The van der Waals surface area contributed by atoms with E-state index in [0.29, 0.717) is 5.69 Å². The number of rotatable bonds is 4. The molecule has 0 aliphatic heterocycles. The molecular formula is C16H18N2O2. The summed E-state index contributed by atoms with van der Waals surface area (Å²) in [6.07, 6.45) is 3.26. The third-order valence-corrected chi connectivity index (χ3v) is 2.90. The molecule has 4 nitrogen and oxygen atoms in total. The lowest BCUT2D eigenvalue weighted by Gasteiger charge is -2.13. The molecule has 104 valence electrons. The summed E-state index contributed by atoms with van der Waals surface area (Å²) in [5, 5.41) is 2.74. The van der Waals surface area contributed by atoms with Gasteiger partial charge in [-0.15, -0.1) is 0 Å². The highest BCUT2D eigenvalue weighted by Gasteiger charge is 2.08. The van der Waals surface area contributed by atoms with E-state index in [0.717, 1.165) is 16.9 Å². The molecule has 1 N–H and O–H groups in total. The number of benzene rings is 1. The Bertz CT molecular complexity index is 586. The van der Waals surface area contributed by atoms with Gasteiger partial charge in [0.15, 0.2) is 6.61 Å². The Kier molecular flexibility index (Phi) is 4.35. The zero-order valence-electron chi connectivity index (χ0n) is 11.9. The van der Waals surface area contributed by atoms with E-state index in [2.05, 4.69) is 10.3 Å².